The van der Waals surface area contributed by atoms with Gasteiger partial charge in [-0.1, -0.05) is 48.5 Å². The molecule has 1 fully saturated rings. The maximum atomic E-state index is 5.73. The minimum atomic E-state index is 0.115. The Balaban J connectivity index is 1.85. The van der Waals surface area contributed by atoms with Gasteiger partial charge in [0.2, 0.25) is 0 Å². The summed E-state index contributed by atoms with van der Waals surface area (Å²) < 4.78 is 5.73. The first-order valence-electron chi connectivity index (χ1n) is 8.62. The van der Waals surface area contributed by atoms with Gasteiger partial charge < -0.3 is 10.1 Å². The highest BCUT2D eigenvalue weighted by molar-refractivity contribution is 5.88. The number of hydrogen-bond acceptors (Lipinski definition) is 2. The lowest BCUT2D eigenvalue weighted by Crippen LogP contribution is -2.25. The van der Waals surface area contributed by atoms with E-state index in [2.05, 4.69) is 66.0 Å². The zero-order valence-electron chi connectivity index (χ0n) is 14.0. The molecule has 1 radical (unpaired) electrons. The average Bonchev–Trinajstić information content (AvgIpc) is 3.47. The molecule has 1 saturated carbocycles. The summed E-state index contributed by atoms with van der Waals surface area (Å²) in [6.45, 7) is 1.05. The third kappa shape index (κ3) is 3.02. The second-order valence-electron chi connectivity index (χ2n) is 6.52. The number of ether oxygens (including phenoxy) is 1. The second-order valence-corrected chi connectivity index (χ2v) is 6.52. The standard InChI is InChI=1S/C22H22NO/c1-24-20-14-13-17-7-5-6-10-19(17)21(20)22(23-15-16-11-12-16)18-8-3-2-4-9-18/h2-3,5-10,13-14,16,22-23H,11-12,15H2,1H3. The molecule has 0 amide bonds. The summed E-state index contributed by atoms with van der Waals surface area (Å²) in [5.41, 5.74) is 2.45. The van der Waals surface area contributed by atoms with Crippen LogP contribution in [0.1, 0.15) is 30.0 Å². The Bertz CT molecular complexity index is 824. The number of hydrogen-bond donors (Lipinski definition) is 1. The minimum Gasteiger partial charge on any atom is -0.496 e. The molecule has 3 aromatic carbocycles. The van der Waals surface area contributed by atoms with Crippen molar-refractivity contribution in [3.05, 3.63) is 77.9 Å². The van der Waals surface area contributed by atoms with Gasteiger partial charge in [0.05, 0.1) is 13.2 Å². The van der Waals surface area contributed by atoms with Gasteiger partial charge in [0, 0.05) is 5.56 Å². The molecule has 121 valence electrons. The van der Waals surface area contributed by atoms with Crippen LogP contribution in [0.2, 0.25) is 0 Å². The van der Waals surface area contributed by atoms with Gasteiger partial charge in [-0.3, -0.25) is 0 Å². The Labute approximate surface area is 143 Å². The summed E-state index contributed by atoms with van der Waals surface area (Å²) in [5.74, 6) is 1.76. The first kappa shape index (κ1) is 15.2. The predicted molar refractivity (Wildman–Crippen MR) is 98.3 cm³/mol. The van der Waals surface area contributed by atoms with E-state index in [4.69, 9.17) is 4.74 Å². The zero-order valence-corrected chi connectivity index (χ0v) is 14.0. The lowest BCUT2D eigenvalue weighted by molar-refractivity contribution is 0.404. The van der Waals surface area contributed by atoms with Gasteiger partial charge in [-0.25, -0.2) is 0 Å². The van der Waals surface area contributed by atoms with E-state index >= 15 is 0 Å². The molecule has 0 aromatic heterocycles. The number of nitrogens with one attached hydrogen (secondary N) is 1. The van der Waals surface area contributed by atoms with E-state index in [1.54, 1.807) is 7.11 Å². The van der Waals surface area contributed by atoms with E-state index < -0.39 is 0 Å². The Kier molecular flexibility index (Phi) is 4.22. The molecule has 0 bridgehead atoms. The Morgan fingerprint density at radius 3 is 2.75 bits per heavy atom. The van der Waals surface area contributed by atoms with Gasteiger partial charge >= 0.3 is 0 Å². The highest BCUT2D eigenvalue weighted by Gasteiger charge is 2.25. The summed E-state index contributed by atoms with van der Waals surface area (Å²) in [5, 5.41) is 6.27. The molecule has 0 spiro atoms. The summed E-state index contributed by atoms with van der Waals surface area (Å²) in [6, 6.07) is 24.3. The highest BCUT2D eigenvalue weighted by Crippen LogP contribution is 2.37. The van der Waals surface area contributed by atoms with Crippen molar-refractivity contribution < 1.29 is 4.74 Å². The van der Waals surface area contributed by atoms with Gasteiger partial charge in [-0.05, 0) is 59.8 Å². The Morgan fingerprint density at radius 1 is 1.12 bits per heavy atom. The third-order valence-electron chi connectivity index (χ3n) is 4.81. The van der Waals surface area contributed by atoms with E-state index in [9.17, 15) is 0 Å². The first-order valence-corrected chi connectivity index (χ1v) is 8.62. The van der Waals surface area contributed by atoms with Gasteiger partial charge in [0.1, 0.15) is 5.75 Å². The van der Waals surface area contributed by atoms with Gasteiger partial charge in [-0.15, -0.1) is 0 Å². The quantitative estimate of drug-likeness (QED) is 0.709. The smallest absolute Gasteiger partial charge is 0.124 e. The number of methoxy groups -OCH3 is 1. The van der Waals surface area contributed by atoms with Crippen LogP contribution < -0.4 is 10.1 Å². The summed E-state index contributed by atoms with van der Waals surface area (Å²) in [6.07, 6.45) is 2.68. The van der Waals surface area contributed by atoms with Crippen molar-refractivity contribution in [1.82, 2.24) is 5.32 Å². The monoisotopic (exact) mass is 316 g/mol. The predicted octanol–water partition coefficient (Wildman–Crippen LogP) is 4.74. The topological polar surface area (TPSA) is 21.3 Å². The van der Waals surface area contributed by atoms with Gasteiger partial charge in [0.15, 0.2) is 0 Å². The second kappa shape index (κ2) is 6.66. The SMILES string of the molecule is COc1ccc2ccccc2c1C(NCC1CC1)c1c[c]ccc1. The minimum absolute atomic E-state index is 0.115. The fourth-order valence-corrected chi connectivity index (χ4v) is 3.33. The van der Waals surface area contributed by atoms with Crippen LogP contribution in [-0.2, 0) is 0 Å². The lowest BCUT2D eigenvalue weighted by atomic mass is 9.92. The molecule has 1 aliphatic carbocycles. The van der Waals surface area contributed by atoms with E-state index in [1.807, 2.05) is 6.07 Å². The van der Waals surface area contributed by atoms with Crippen molar-refractivity contribution in [2.45, 2.75) is 18.9 Å². The molecular formula is C22H22NO. The van der Waals surface area contributed by atoms with Gasteiger partial charge in [0.25, 0.3) is 0 Å². The molecule has 1 atom stereocenters. The molecule has 0 aliphatic heterocycles. The molecule has 1 N–H and O–H groups in total. The highest BCUT2D eigenvalue weighted by atomic mass is 16.5. The molecular weight excluding hydrogens is 294 g/mol. The number of benzene rings is 3. The maximum Gasteiger partial charge on any atom is 0.124 e. The third-order valence-corrected chi connectivity index (χ3v) is 4.81. The van der Waals surface area contributed by atoms with E-state index in [0.29, 0.717) is 0 Å². The van der Waals surface area contributed by atoms with Crippen molar-refractivity contribution in [3.8, 4) is 5.75 Å². The van der Waals surface area contributed by atoms with Crippen LogP contribution in [0.3, 0.4) is 0 Å². The van der Waals surface area contributed by atoms with Gasteiger partial charge in [-0.2, -0.15) is 0 Å². The normalized spacial score (nSPS) is 15.4. The molecule has 2 heteroatoms. The largest absolute Gasteiger partial charge is 0.496 e. The molecule has 2 nitrogen and oxygen atoms in total. The molecule has 3 aromatic rings. The summed E-state index contributed by atoms with van der Waals surface area (Å²) in [7, 11) is 1.75. The van der Waals surface area contributed by atoms with Crippen molar-refractivity contribution in [1.29, 1.82) is 0 Å². The van der Waals surface area contributed by atoms with Crippen molar-refractivity contribution >= 4 is 10.8 Å². The zero-order chi connectivity index (χ0) is 16.4. The molecule has 1 aliphatic rings. The first-order chi connectivity index (χ1) is 11.9. The van der Waals surface area contributed by atoms with Crippen LogP contribution in [0.15, 0.2) is 60.7 Å². The lowest BCUT2D eigenvalue weighted by Gasteiger charge is -2.24. The van der Waals surface area contributed by atoms with Crippen molar-refractivity contribution in [2.75, 3.05) is 13.7 Å². The van der Waals surface area contributed by atoms with Crippen LogP contribution in [0.25, 0.3) is 10.8 Å². The molecule has 0 heterocycles. The van der Waals surface area contributed by atoms with Crippen LogP contribution in [0, 0.1) is 12.0 Å². The number of rotatable bonds is 6. The Hall–Kier alpha value is -2.32. The van der Waals surface area contributed by atoms with Crippen molar-refractivity contribution in [2.24, 2.45) is 5.92 Å². The molecule has 24 heavy (non-hydrogen) atoms. The summed E-state index contributed by atoms with van der Waals surface area (Å²) >= 11 is 0. The van der Waals surface area contributed by atoms with Crippen molar-refractivity contribution in [3.63, 3.8) is 0 Å². The van der Waals surface area contributed by atoms with E-state index in [0.717, 1.165) is 18.2 Å². The van der Waals surface area contributed by atoms with Crippen LogP contribution >= 0.6 is 0 Å². The number of fused-ring (bicyclic) bond motifs is 1. The molecule has 1 unspecified atom stereocenters. The fourth-order valence-electron chi connectivity index (χ4n) is 3.33. The fraction of sp³-hybridized carbons (Fsp3) is 0.273. The molecule has 4 rings (SSSR count). The van der Waals surface area contributed by atoms with E-state index in [1.165, 1.54) is 34.7 Å². The molecule has 0 saturated heterocycles. The average molecular weight is 316 g/mol. The maximum absolute atomic E-state index is 5.73. The van der Waals surface area contributed by atoms with Crippen LogP contribution in [0.5, 0.6) is 5.75 Å². The van der Waals surface area contributed by atoms with Crippen LogP contribution in [-0.4, -0.2) is 13.7 Å². The summed E-state index contributed by atoms with van der Waals surface area (Å²) in [4.78, 5) is 0. The van der Waals surface area contributed by atoms with E-state index in [-0.39, 0.29) is 6.04 Å². The van der Waals surface area contributed by atoms with Crippen LogP contribution in [0.4, 0.5) is 0 Å². The Morgan fingerprint density at radius 2 is 2.00 bits per heavy atom.